The van der Waals surface area contributed by atoms with Crippen LogP contribution in [-0.2, 0) is 0 Å². The Morgan fingerprint density at radius 1 is 1.08 bits per heavy atom. The van der Waals surface area contributed by atoms with Gasteiger partial charge in [-0.1, -0.05) is 54.1 Å². The van der Waals surface area contributed by atoms with Gasteiger partial charge in [-0.3, -0.25) is 4.79 Å². The topological polar surface area (TPSA) is 54.0 Å². The Morgan fingerprint density at radius 2 is 1.83 bits per heavy atom. The predicted octanol–water partition coefficient (Wildman–Crippen LogP) is 3.50. The van der Waals surface area contributed by atoms with Gasteiger partial charge < -0.3 is 10.6 Å². The van der Waals surface area contributed by atoms with E-state index in [-0.39, 0.29) is 5.91 Å². The third kappa shape index (κ3) is 3.40. The van der Waals surface area contributed by atoms with E-state index in [4.69, 9.17) is 11.6 Å². The molecule has 0 spiro atoms. The zero-order valence-electron chi connectivity index (χ0n) is 13.3. The second-order valence-electron chi connectivity index (χ2n) is 5.42. The summed E-state index contributed by atoms with van der Waals surface area (Å²) in [5, 5.41) is 8.40. The number of hydrogen-bond donors (Lipinski definition) is 2. The average molecular weight is 340 g/mol. The lowest BCUT2D eigenvalue weighted by atomic mass is 10.0. The molecule has 4 nitrogen and oxygen atoms in total. The standard InChI is InChI=1S/C19H18ClN3O/c1-21-10-11-22-19(24)17-12-13-6-2-3-7-14(13)18(23-17)15-8-4-5-9-16(15)20/h2-9,12,21H,10-11H2,1H3,(H,22,24). The van der Waals surface area contributed by atoms with Crippen LogP contribution in [0.2, 0.25) is 5.02 Å². The quantitative estimate of drug-likeness (QED) is 0.699. The zero-order chi connectivity index (χ0) is 16.9. The number of hydrogen-bond acceptors (Lipinski definition) is 3. The Hall–Kier alpha value is -2.43. The van der Waals surface area contributed by atoms with Crippen molar-refractivity contribution in [2.75, 3.05) is 20.1 Å². The summed E-state index contributed by atoms with van der Waals surface area (Å²) < 4.78 is 0. The normalized spacial score (nSPS) is 10.8. The number of fused-ring (bicyclic) bond motifs is 1. The van der Waals surface area contributed by atoms with Gasteiger partial charge in [0.2, 0.25) is 0 Å². The Kier molecular flexibility index (Phi) is 5.08. The molecule has 1 aromatic heterocycles. The van der Waals surface area contributed by atoms with E-state index in [9.17, 15) is 4.79 Å². The van der Waals surface area contributed by atoms with Crippen molar-refractivity contribution in [3.63, 3.8) is 0 Å². The highest BCUT2D eigenvalue weighted by molar-refractivity contribution is 6.33. The first-order valence-corrected chi connectivity index (χ1v) is 8.16. The van der Waals surface area contributed by atoms with Crippen LogP contribution in [0.5, 0.6) is 0 Å². The Morgan fingerprint density at radius 3 is 2.62 bits per heavy atom. The van der Waals surface area contributed by atoms with E-state index in [0.717, 1.165) is 22.0 Å². The van der Waals surface area contributed by atoms with E-state index in [1.165, 1.54) is 0 Å². The second-order valence-corrected chi connectivity index (χ2v) is 5.82. The number of nitrogens with zero attached hydrogens (tertiary/aromatic N) is 1. The lowest BCUT2D eigenvalue weighted by Crippen LogP contribution is -2.31. The summed E-state index contributed by atoms with van der Waals surface area (Å²) in [6, 6.07) is 17.2. The maximum absolute atomic E-state index is 12.4. The van der Waals surface area contributed by atoms with E-state index < -0.39 is 0 Å². The molecule has 3 aromatic rings. The van der Waals surface area contributed by atoms with Crippen molar-refractivity contribution in [2.45, 2.75) is 0 Å². The van der Waals surface area contributed by atoms with Crippen LogP contribution in [-0.4, -0.2) is 31.0 Å². The van der Waals surface area contributed by atoms with Crippen molar-refractivity contribution >= 4 is 28.3 Å². The van der Waals surface area contributed by atoms with Crippen LogP contribution in [0, 0.1) is 0 Å². The molecule has 0 aliphatic rings. The molecule has 0 saturated heterocycles. The highest BCUT2D eigenvalue weighted by atomic mass is 35.5. The van der Waals surface area contributed by atoms with Gasteiger partial charge in [0, 0.05) is 29.1 Å². The minimum absolute atomic E-state index is 0.190. The van der Waals surface area contributed by atoms with Gasteiger partial charge in [-0.25, -0.2) is 4.98 Å². The highest BCUT2D eigenvalue weighted by Gasteiger charge is 2.14. The number of carbonyl (C=O) groups excluding carboxylic acids is 1. The van der Waals surface area contributed by atoms with Crippen LogP contribution >= 0.6 is 11.6 Å². The fourth-order valence-corrected chi connectivity index (χ4v) is 2.79. The molecule has 122 valence electrons. The number of pyridine rings is 1. The van der Waals surface area contributed by atoms with Crippen LogP contribution in [0.4, 0.5) is 0 Å². The molecule has 0 unspecified atom stereocenters. The van der Waals surface area contributed by atoms with Crippen LogP contribution in [0.15, 0.2) is 54.6 Å². The smallest absolute Gasteiger partial charge is 0.269 e. The summed E-state index contributed by atoms with van der Waals surface area (Å²) in [4.78, 5) is 17.0. The monoisotopic (exact) mass is 339 g/mol. The molecule has 1 heterocycles. The van der Waals surface area contributed by atoms with Crippen molar-refractivity contribution < 1.29 is 4.79 Å². The number of likely N-dealkylation sites (N-methyl/N-ethyl adjacent to an activating group) is 1. The van der Waals surface area contributed by atoms with Crippen molar-refractivity contribution in [1.82, 2.24) is 15.6 Å². The van der Waals surface area contributed by atoms with Crippen LogP contribution in [0.1, 0.15) is 10.5 Å². The molecule has 0 aliphatic heterocycles. The lowest BCUT2D eigenvalue weighted by molar-refractivity contribution is 0.0949. The van der Waals surface area contributed by atoms with Crippen molar-refractivity contribution in [1.29, 1.82) is 0 Å². The maximum atomic E-state index is 12.4. The van der Waals surface area contributed by atoms with Crippen molar-refractivity contribution in [3.8, 4) is 11.3 Å². The van der Waals surface area contributed by atoms with Gasteiger partial charge in [-0.2, -0.15) is 0 Å². The number of benzene rings is 2. The van der Waals surface area contributed by atoms with Gasteiger partial charge in [0.1, 0.15) is 5.69 Å². The Bertz CT molecular complexity index is 879. The van der Waals surface area contributed by atoms with E-state index in [0.29, 0.717) is 23.8 Å². The molecule has 1 amide bonds. The predicted molar refractivity (Wildman–Crippen MR) is 98.4 cm³/mol. The first-order chi connectivity index (χ1) is 11.7. The molecule has 3 rings (SSSR count). The summed E-state index contributed by atoms with van der Waals surface area (Å²) in [6.07, 6.45) is 0. The maximum Gasteiger partial charge on any atom is 0.269 e. The van der Waals surface area contributed by atoms with E-state index in [1.807, 2.05) is 61.6 Å². The van der Waals surface area contributed by atoms with E-state index in [1.54, 1.807) is 0 Å². The number of nitrogens with one attached hydrogen (secondary N) is 2. The first-order valence-electron chi connectivity index (χ1n) is 7.78. The minimum atomic E-state index is -0.190. The van der Waals surface area contributed by atoms with Crippen LogP contribution in [0.25, 0.3) is 22.0 Å². The lowest BCUT2D eigenvalue weighted by Gasteiger charge is -2.11. The SMILES string of the molecule is CNCCNC(=O)c1cc2ccccc2c(-c2ccccc2Cl)n1. The molecule has 0 radical (unpaired) electrons. The molecule has 2 N–H and O–H groups in total. The summed E-state index contributed by atoms with van der Waals surface area (Å²) >= 11 is 6.34. The number of amides is 1. The molecular formula is C19H18ClN3O. The van der Waals surface area contributed by atoms with E-state index in [2.05, 4.69) is 15.6 Å². The molecule has 0 aliphatic carbocycles. The first kappa shape index (κ1) is 16.4. The third-order valence-electron chi connectivity index (χ3n) is 3.76. The number of aromatic nitrogens is 1. The zero-order valence-corrected chi connectivity index (χ0v) is 14.1. The summed E-state index contributed by atoms with van der Waals surface area (Å²) in [5.74, 6) is -0.190. The summed E-state index contributed by atoms with van der Waals surface area (Å²) in [6.45, 7) is 1.25. The molecule has 2 aromatic carbocycles. The van der Waals surface area contributed by atoms with Crippen LogP contribution in [0.3, 0.4) is 0 Å². The molecule has 0 bridgehead atoms. The van der Waals surface area contributed by atoms with Gasteiger partial charge in [-0.15, -0.1) is 0 Å². The fourth-order valence-electron chi connectivity index (χ4n) is 2.57. The second kappa shape index (κ2) is 7.43. The Balaban J connectivity index is 2.10. The molecule has 5 heteroatoms. The summed E-state index contributed by atoms with van der Waals surface area (Å²) in [7, 11) is 1.84. The summed E-state index contributed by atoms with van der Waals surface area (Å²) in [5.41, 5.74) is 1.93. The fraction of sp³-hybridized carbons (Fsp3) is 0.158. The third-order valence-corrected chi connectivity index (χ3v) is 4.09. The van der Waals surface area contributed by atoms with Gasteiger partial charge in [0.15, 0.2) is 0 Å². The number of carbonyl (C=O) groups is 1. The Labute approximate surface area is 145 Å². The highest BCUT2D eigenvalue weighted by Crippen LogP contribution is 2.32. The van der Waals surface area contributed by atoms with Gasteiger partial charge in [0.05, 0.1) is 5.69 Å². The average Bonchev–Trinajstić information content (AvgIpc) is 2.61. The number of halogens is 1. The van der Waals surface area contributed by atoms with Gasteiger partial charge in [-0.05, 0) is 24.6 Å². The van der Waals surface area contributed by atoms with Gasteiger partial charge in [0.25, 0.3) is 5.91 Å². The van der Waals surface area contributed by atoms with E-state index >= 15 is 0 Å². The minimum Gasteiger partial charge on any atom is -0.349 e. The van der Waals surface area contributed by atoms with Crippen LogP contribution < -0.4 is 10.6 Å². The largest absolute Gasteiger partial charge is 0.349 e. The molecule has 24 heavy (non-hydrogen) atoms. The van der Waals surface area contributed by atoms with Gasteiger partial charge >= 0.3 is 0 Å². The molecule has 0 atom stereocenters. The molecule has 0 saturated carbocycles. The molecular weight excluding hydrogens is 322 g/mol. The van der Waals surface area contributed by atoms with Crippen molar-refractivity contribution in [3.05, 3.63) is 65.3 Å². The number of rotatable bonds is 5. The molecule has 0 fully saturated rings. The van der Waals surface area contributed by atoms with Crippen molar-refractivity contribution in [2.24, 2.45) is 0 Å².